The summed E-state index contributed by atoms with van der Waals surface area (Å²) in [5.41, 5.74) is 0. The van der Waals surface area contributed by atoms with E-state index < -0.39 is 0 Å². The van der Waals surface area contributed by atoms with Crippen molar-refractivity contribution in [2.45, 2.75) is 51.2 Å². The van der Waals surface area contributed by atoms with E-state index in [9.17, 15) is 0 Å². The summed E-state index contributed by atoms with van der Waals surface area (Å²) >= 11 is 0. The van der Waals surface area contributed by atoms with Crippen molar-refractivity contribution >= 4 is 29.9 Å². The van der Waals surface area contributed by atoms with Crippen LogP contribution in [0.5, 0.6) is 0 Å². The molecule has 1 fully saturated rings. The lowest BCUT2D eigenvalue weighted by atomic mass is 9.96. The second-order valence-corrected chi connectivity index (χ2v) is 5.46. The highest BCUT2D eigenvalue weighted by Gasteiger charge is 2.13. The van der Waals surface area contributed by atoms with Crippen molar-refractivity contribution in [3.8, 4) is 0 Å². The van der Waals surface area contributed by atoms with Gasteiger partial charge in [0.05, 0.1) is 6.26 Å². The van der Waals surface area contributed by atoms with Crippen molar-refractivity contribution in [3.05, 3.63) is 24.2 Å². The van der Waals surface area contributed by atoms with E-state index >= 15 is 0 Å². The van der Waals surface area contributed by atoms with E-state index in [-0.39, 0.29) is 24.0 Å². The van der Waals surface area contributed by atoms with Gasteiger partial charge in [-0.05, 0) is 31.4 Å². The third kappa shape index (κ3) is 7.49. The molecule has 0 atom stereocenters. The van der Waals surface area contributed by atoms with Gasteiger partial charge in [0.2, 0.25) is 0 Å². The zero-order valence-electron chi connectivity index (χ0n) is 13.3. The maximum atomic E-state index is 5.55. The van der Waals surface area contributed by atoms with Gasteiger partial charge in [-0.1, -0.05) is 19.3 Å². The number of aliphatic imine (C=N–C) groups is 1. The lowest BCUT2D eigenvalue weighted by Gasteiger charge is -2.24. The van der Waals surface area contributed by atoms with E-state index in [1.54, 1.807) is 6.26 Å². The summed E-state index contributed by atoms with van der Waals surface area (Å²) in [4.78, 5) is 4.28. The Balaban J connectivity index is 0.00000242. The Labute approximate surface area is 150 Å². The topological polar surface area (TPSA) is 58.8 Å². The van der Waals surface area contributed by atoms with Gasteiger partial charge in [0.1, 0.15) is 12.4 Å². The molecule has 6 heteroatoms. The first-order valence-corrected chi connectivity index (χ1v) is 7.96. The fourth-order valence-electron chi connectivity index (χ4n) is 2.58. The largest absolute Gasteiger partial charge is 0.467 e. The third-order valence-corrected chi connectivity index (χ3v) is 3.75. The molecule has 0 aromatic carbocycles. The summed E-state index contributed by atoms with van der Waals surface area (Å²) in [6.07, 6.45) is 9.16. The van der Waals surface area contributed by atoms with Crippen molar-refractivity contribution in [1.82, 2.24) is 10.6 Å². The zero-order valence-corrected chi connectivity index (χ0v) is 15.7. The summed E-state index contributed by atoms with van der Waals surface area (Å²) in [6.45, 7) is 2.13. The predicted octanol–water partition coefficient (Wildman–Crippen LogP) is 3.30. The molecule has 1 heterocycles. The monoisotopic (exact) mass is 421 g/mol. The van der Waals surface area contributed by atoms with Crippen LogP contribution in [-0.4, -0.2) is 32.2 Å². The fourth-order valence-corrected chi connectivity index (χ4v) is 2.58. The quantitative estimate of drug-likeness (QED) is 0.307. The van der Waals surface area contributed by atoms with E-state index in [1.165, 1.54) is 32.1 Å². The highest BCUT2D eigenvalue weighted by atomic mass is 127. The normalized spacial score (nSPS) is 16.1. The molecule has 0 amide bonds. The minimum Gasteiger partial charge on any atom is -0.467 e. The van der Waals surface area contributed by atoms with Gasteiger partial charge in [-0.25, -0.2) is 0 Å². The zero-order chi connectivity index (χ0) is 14.8. The molecule has 0 spiro atoms. The molecular weight excluding hydrogens is 393 g/mol. The molecular formula is C16H28IN3O2. The van der Waals surface area contributed by atoms with Crippen LogP contribution < -0.4 is 10.6 Å². The minimum absolute atomic E-state index is 0. The molecule has 1 saturated carbocycles. The van der Waals surface area contributed by atoms with Gasteiger partial charge < -0.3 is 19.8 Å². The maximum absolute atomic E-state index is 5.55. The smallest absolute Gasteiger partial charge is 0.191 e. The maximum Gasteiger partial charge on any atom is 0.191 e. The average molecular weight is 421 g/mol. The summed E-state index contributed by atoms with van der Waals surface area (Å²) in [6, 6.07) is 4.38. The van der Waals surface area contributed by atoms with E-state index in [0.29, 0.717) is 19.3 Å². The summed E-state index contributed by atoms with van der Waals surface area (Å²) in [5.74, 6) is 1.78. The van der Waals surface area contributed by atoms with Gasteiger partial charge in [0.25, 0.3) is 0 Å². The molecule has 2 rings (SSSR count). The lowest BCUT2D eigenvalue weighted by molar-refractivity contribution is 0.105. The summed E-state index contributed by atoms with van der Waals surface area (Å²) in [5, 5.41) is 6.85. The minimum atomic E-state index is 0. The van der Waals surface area contributed by atoms with Crippen LogP contribution in [0.2, 0.25) is 0 Å². The second-order valence-electron chi connectivity index (χ2n) is 5.46. The van der Waals surface area contributed by atoms with Crippen LogP contribution in [0.1, 0.15) is 44.3 Å². The van der Waals surface area contributed by atoms with Gasteiger partial charge in [0.15, 0.2) is 5.96 Å². The standard InChI is InChI=1S/C16H27N3O2.HI/c1-17-16(19-14-7-3-2-4-8-14)18-10-6-11-20-13-15-9-5-12-21-15;/h5,9,12,14H,2-4,6-8,10-11,13H2,1H3,(H2,17,18,19);1H. The molecule has 1 aliphatic rings. The first kappa shape index (κ1) is 19.3. The van der Waals surface area contributed by atoms with E-state index in [2.05, 4.69) is 15.6 Å². The predicted molar refractivity (Wildman–Crippen MR) is 99.8 cm³/mol. The Morgan fingerprint density at radius 2 is 2.18 bits per heavy atom. The molecule has 22 heavy (non-hydrogen) atoms. The van der Waals surface area contributed by atoms with Gasteiger partial charge >= 0.3 is 0 Å². The SMILES string of the molecule is CN=C(NCCCOCc1ccco1)NC1CCCCC1.I. The fraction of sp³-hybridized carbons (Fsp3) is 0.688. The Morgan fingerprint density at radius 3 is 2.86 bits per heavy atom. The number of halogens is 1. The van der Waals surface area contributed by atoms with Gasteiger partial charge in [0, 0.05) is 26.2 Å². The lowest BCUT2D eigenvalue weighted by Crippen LogP contribution is -2.44. The van der Waals surface area contributed by atoms with Crippen molar-refractivity contribution in [1.29, 1.82) is 0 Å². The van der Waals surface area contributed by atoms with Crippen LogP contribution in [0.25, 0.3) is 0 Å². The first-order valence-electron chi connectivity index (χ1n) is 7.96. The number of hydrogen-bond acceptors (Lipinski definition) is 3. The number of nitrogens with zero attached hydrogens (tertiary/aromatic N) is 1. The Bertz CT molecular complexity index is 404. The Hall–Kier alpha value is -0.760. The number of guanidine groups is 1. The number of hydrogen-bond donors (Lipinski definition) is 2. The van der Waals surface area contributed by atoms with E-state index in [4.69, 9.17) is 9.15 Å². The third-order valence-electron chi connectivity index (χ3n) is 3.75. The van der Waals surface area contributed by atoms with Gasteiger partial charge in [-0.3, -0.25) is 4.99 Å². The number of nitrogens with one attached hydrogen (secondary N) is 2. The second kappa shape index (κ2) is 11.8. The molecule has 0 radical (unpaired) electrons. The van der Waals surface area contributed by atoms with Crippen LogP contribution >= 0.6 is 24.0 Å². The molecule has 1 aromatic rings. The molecule has 1 aliphatic carbocycles. The first-order chi connectivity index (χ1) is 10.4. The van der Waals surface area contributed by atoms with Crippen LogP contribution in [0.15, 0.2) is 27.8 Å². The molecule has 0 saturated heterocycles. The molecule has 2 N–H and O–H groups in total. The number of furan rings is 1. The molecule has 126 valence electrons. The van der Waals surface area contributed by atoms with Crippen LogP contribution in [0.4, 0.5) is 0 Å². The van der Waals surface area contributed by atoms with Crippen molar-refractivity contribution in [2.75, 3.05) is 20.2 Å². The summed E-state index contributed by atoms with van der Waals surface area (Å²) in [7, 11) is 1.82. The molecule has 0 unspecified atom stereocenters. The highest BCUT2D eigenvalue weighted by molar-refractivity contribution is 14.0. The number of rotatable bonds is 7. The van der Waals surface area contributed by atoms with Crippen molar-refractivity contribution in [3.63, 3.8) is 0 Å². The molecule has 5 nitrogen and oxygen atoms in total. The van der Waals surface area contributed by atoms with Crippen LogP contribution in [0.3, 0.4) is 0 Å². The van der Waals surface area contributed by atoms with E-state index in [0.717, 1.165) is 24.7 Å². The average Bonchev–Trinajstić information content (AvgIpc) is 3.04. The van der Waals surface area contributed by atoms with Crippen LogP contribution in [-0.2, 0) is 11.3 Å². The van der Waals surface area contributed by atoms with Gasteiger partial charge in [-0.2, -0.15) is 0 Å². The van der Waals surface area contributed by atoms with Crippen molar-refractivity contribution < 1.29 is 9.15 Å². The van der Waals surface area contributed by atoms with Crippen LogP contribution in [0, 0.1) is 0 Å². The Morgan fingerprint density at radius 1 is 1.36 bits per heavy atom. The van der Waals surface area contributed by atoms with Gasteiger partial charge in [-0.15, -0.1) is 24.0 Å². The Kier molecular flexibility index (Phi) is 10.3. The molecule has 0 aliphatic heterocycles. The highest BCUT2D eigenvalue weighted by Crippen LogP contribution is 2.17. The van der Waals surface area contributed by atoms with Crippen molar-refractivity contribution in [2.24, 2.45) is 4.99 Å². The summed E-state index contributed by atoms with van der Waals surface area (Å²) < 4.78 is 10.8. The molecule has 0 bridgehead atoms. The molecule has 1 aromatic heterocycles. The number of ether oxygens (including phenoxy) is 1. The van der Waals surface area contributed by atoms with E-state index in [1.807, 2.05) is 19.2 Å².